The molecule has 0 aliphatic carbocycles. The second-order valence-electron chi connectivity index (χ2n) is 5.64. The van der Waals surface area contributed by atoms with Crippen molar-refractivity contribution in [2.45, 2.75) is 46.9 Å². The predicted octanol–water partition coefficient (Wildman–Crippen LogP) is 3.60. The first-order chi connectivity index (χ1) is 11.9. The molecule has 0 fully saturated rings. The molecule has 1 aromatic heterocycles. The van der Waals surface area contributed by atoms with Gasteiger partial charge in [0.2, 0.25) is 0 Å². The Morgan fingerprint density at radius 3 is 2.15 bits per heavy atom. The molecule has 0 unspecified atom stereocenters. The van der Waals surface area contributed by atoms with Crippen LogP contribution in [0.3, 0.4) is 0 Å². The third-order valence-electron chi connectivity index (χ3n) is 3.42. The van der Waals surface area contributed by atoms with Crippen LogP contribution in [-0.2, 0) is 9.53 Å². The first-order valence-electron chi connectivity index (χ1n) is 7.95. The number of ether oxygens (including phenoxy) is 1. The number of amides is 2. The first-order valence-corrected chi connectivity index (χ1v) is 8.77. The van der Waals surface area contributed by atoms with Gasteiger partial charge in [-0.3, -0.25) is 9.59 Å². The molecule has 0 radical (unpaired) electrons. The topological polar surface area (TPSA) is 75.7 Å². The van der Waals surface area contributed by atoms with Crippen molar-refractivity contribution in [2.75, 3.05) is 18.4 Å². The van der Waals surface area contributed by atoms with E-state index in [-0.39, 0.29) is 21.0 Å². The van der Waals surface area contributed by atoms with Gasteiger partial charge in [0.05, 0.1) is 16.5 Å². The molecule has 26 heavy (non-hydrogen) atoms. The minimum atomic E-state index is -5.12. The maximum Gasteiger partial charge on any atom is 0.471 e. The first kappa shape index (κ1) is 21.9. The molecular weight excluding hydrogens is 373 g/mol. The average Bonchev–Trinajstić information content (AvgIpc) is 2.83. The van der Waals surface area contributed by atoms with Gasteiger partial charge in [-0.1, -0.05) is 0 Å². The quantitative estimate of drug-likeness (QED) is 0.748. The molecule has 0 spiro atoms. The Labute approximate surface area is 153 Å². The second-order valence-corrected chi connectivity index (χ2v) is 6.66. The summed E-state index contributed by atoms with van der Waals surface area (Å²) >= 11 is 0.629. The van der Waals surface area contributed by atoms with E-state index in [4.69, 9.17) is 4.74 Å². The van der Waals surface area contributed by atoms with Gasteiger partial charge in [0.25, 0.3) is 5.91 Å². The molecule has 0 aromatic carbocycles. The fourth-order valence-corrected chi connectivity index (χ4v) is 3.31. The van der Waals surface area contributed by atoms with Gasteiger partial charge in [-0.05, 0) is 40.2 Å². The van der Waals surface area contributed by atoms with E-state index in [0.29, 0.717) is 24.4 Å². The molecule has 0 atom stereocenters. The molecule has 10 heteroatoms. The number of hydrogen-bond acceptors (Lipinski definition) is 5. The number of hydrogen-bond donors (Lipinski definition) is 1. The number of thiophene rings is 1. The molecular formula is C16H21F3N2O4S. The van der Waals surface area contributed by atoms with Crippen LogP contribution in [0.2, 0.25) is 0 Å². The summed E-state index contributed by atoms with van der Waals surface area (Å²) in [5, 5.41) is 1.32. The van der Waals surface area contributed by atoms with Crippen molar-refractivity contribution in [3.8, 4) is 0 Å². The zero-order valence-corrected chi connectivity index (χ0v) is 15.9. The number of halogens is 3. The van der Waals surface area contributed by atoms with Crippen molar-refractivity contribution in [1.82, 2.24) is 4.90 Å². The van der Waals surface area contributed by atoms with Crippen molar-refractivity contribution < 1.29 is 32.3 Å². The van der Waals surface area contributed by atoms with Crippen LogP contribution in [0, 0.1) is 6.92 Å². The molecule has 1 aromatic rings. The van der Waals surface area contributed by atoms with Crippen LogP contribution in [-0.4, -0.2) is 48.1 Å². The van der Waals surface area contributed by atoms with Crippen LogP contribution in [0.1, 0.15) is 53.3 Å². The summed E-state index contributed by atoms with van der Waals surface area (Å²) in [6, 6.07) is 0. The van der Waals surface area contributed by atoms with E-state index in [2.05, 4.69) is 0 Å². The lowest BCUT2D eigenvalue weighted by Crippen LogP contribution is -2.30. The Bertz CT molecular complexity index is 694. The molecule has 0 bridgehead atoms. The Morgan fingerprint density at radius 1 is 1.19 bits per heavy atom. The Balaban J connectivity index is 3.42. The standard InChI is InChI=1S/C16H21F3N2O4S/c1-6-21(7-2)13(22)11-9(5)10(14(23)25-8(3)4)12(26-11)20-15(24)16(17,18)19/h8H,6-7H2,1-5H3,(H,20,24). The average molecular weight is 394 g/mol. The highest BCUT2D eigenvalue weighted by molar-refractivity contribution is 7.18. The molecule has 6 nitrogen and oxygen atoms in total. The van der Waals surface area contributed by atoms with Crippen molar-refractivity contribution in [1.29, 1.82) is 0 Å². The third-order valence-corrected chi connectivity index (χ3v) is 4.62. The smallest absolute Gasteiger partial charge is 0.459 e. The van der Waals surface area contributed by atoms with Crippen LogP contribution < -0.4 is 5.32 Å². The number of anilines is 1. The Hall–Kier alpha value is -2.10. The summed E-state index contributed by atoms with van der Waals surface area (Å²) in [5.41, 5.74) is -0.0631. The summed E-state index contributed by atoms with van der Waals surface area (Å²) in [6.45, 7) is 8.89. The number of carbonyl (C=O) groups excluding carboxylic acids is 3. The largest absolute Gasteiger partial charge is 0.471 e. The van der Waals surface area contributed by atoms with E-state index in [0.717, 1.165) is 0 Å². The fraction of sp³-hybridized carbons (Fsp3) is 0.562. The monoisotopic (exact) mass is 394 g/mol. The normalized spacial score (nSPS) is 11.4. The molecule has 1 rings (SSSR count). The summed E-state index contributed by atoms with van der Waals surface area (Å²) < 4.78 is 42.8. The number of esters is 1. The van der Waals surface area contributed by atoms with E-state index in [1.165, 1.54) is 11.8 Å². The summed E-state index contributed by atoms with van der Waals surface area (Å²) in [5.74, 6) is -3.55. The van der Waals surface area contributed by atoms with Crippen LogP contribution in [0.15, 0.2) is 0 Å². The molecule has 0 saturated carbocycles. The summed E-state index contributed by atoms with van der Waals surface area (Å²) in [4.78, 5) is 37.7. The molecule has 1 heterocycles. The van der Waals surface area contributed by atoms with Gasteiger partial charge in [0, 0.05) is 13.1 Å². The van der Waals surface area contributed by atoms with Crippen molar-refractivity contribution in [2.24, 2.45) is 0 Å². The zero-order chi connectivity index (χ0) is 20.2. The highest BCUT2D eigenvalue weighted by atomic mass is 32.1. The van der Waals surface area contributed by atoms with Gasteiger partial charge in [-0.25, -0.2) is 4.79 Å². The lowest BCUT2D eigenvalue weighted by molar-refractivity contribution is -0.167. The number of alkyl halides is 3. The van der Waals surface area contributed by atoms with Crippen LogP contribution >= 0.6 is 11.3 Å². The van der Waals surface area contributed by atoms with Gasteiger partial charge in [-0.2, -0.15) is 13.2 Å². The van der Waals surface area contributed by atoms with E-state index >= 15 is 0 Å². The Morgan fingerprint density at radius 2 is 1.73 bits per heavy atom. The lowest BCUT2D eigenvalue weighted by Gasteiger charge is -2.18. The fourth-order valence-electron chi connectivity index (χ4n) is 2.15. The molecule has 0 aliphatic rings. The highest BCUT2D eigenvalue weighted by Crippen LogP contribution is 2.35. The van der Waals surface area contributed by atoms with Gasteiger partial charge in [0.15, 0.2) is 0 Å². The van der Waals surface area contributed by atoms with Gasteiger partial charge in [-0.15, -0.1) is 11.3 Å². The van der Waals surface area contributed by atoms with Crippen molar-refractivity contribution >= 4 is 34.1 Å². The maximum absolute atomic E-state index is 12.6. The van der Waals surface area contributed by atoms with Gasteiger partial charge >= 0.3 is 18.1 Å². The van der Waals surface area contributed by atoms with Crippen molar-refractivity contribution in [3.63, 3.8) is 0 Å². The molecule has 146 valence electrons. The van der Waals surface area contributed by atoms with E-state index in [9.17, 15) is 27.6 Å². The molecule has 0 aliphatic heterocycles. The van der Waals surface area contributed by atoms with E-state index in [1.54, 1.807) is 33.0 Å². The lowest BCUT2D eigenvalue weighted by atomic mass is 10.1. The van der Waals surface area contributed by atoms with Crippen LogP contribution in [0.5, 0.6) is 0 Å². The van der Waals surface area contributed by atoms with Crippen LogP contribution in [0.25, 0.3) is 0 Å². The minimum absolute atomic E-state index is 0.0851. The molecule has 0 saturated heterocycles. The highest BCUT2D eigenvalue weighted by Gasteiger charge is 2.40. The van der Waals surface area contributed by atoms with Gasteiger partial charge in [0.1, 0.15) is 5.00 Å². The minimum Gasteiger partial charge on any atom is -0.459 e. The van der Waals surface area contributed by atoms with E-state index in [1.807, 2.05) is 0 Å². The maximum atomic E-state index is 12.6. The number of nitrogens with one attached hydrogen (secondary N) is 1. The van der Waals surface area contributed by atoms with E-state index < -0.39 is 30.1 Å². The summed E-state index contributed by atoms with van der Waals surface area (Å²) in [7, 11) is 0. The van der Waals surface area contributed by atoms with Crippen LogP contribution in [0.4, 0.5) is 18.2 Å². The molecule has 1 N–H and O–H groups in total. The number of nitrogens with zero attached hydrogens (tertiary/aromatic N) is 1. The number of carbonyl (C=O) groups is 3. The second kappa shape index (κ2) is 8.52. The van der Waals surface area contributed by atoms with Crippen molar-refractivity contribution in [3.05, 3.63) is 16.0 Å². The zero-order valence-electron chi connectivity index (χ0n) is 15.1. The number of rotatable bonds is 6. The Kier molecular flexibility index (Phi) is 7.19. The molecule has 2 amide bonds. The van der Waals surface area contributed by atoms with Gasteiger partial charge < -0.3 is 15.0 Å². The SMILES string of the molecule is CCN(CC)C(=O)c1sc(NC(=O)C(F)(F)F)c(C(=O)OC(C)C)c1C. The predicted molar refractivity (Wildman–Crippen MR) is 91.5 cm³/mol. The summed E-state index contributed by atoms with van der Waals surface area (Å²) in [6.07, 6.45) is -5.64. The third kappa shape index (κ3) is 4.96.